The number of anilines is 1. The molecule has 30 heavy (non-hydrogen) atoms. The quantitative estimate of drug-likeness (QED) is 0.325. The van der Waals surface area contributed by atoms with Gasteiger partial charge in [0.05, 0.1) is 23.5 Å². The van der Waals surface area contributed by atoms with Gasteiger partial charge in [-0.25, -0.2) is 13.8 Å². The third-order valence-corrected chi connectivity index (χ3v) is 5.24. The van der Waals surface area contributed by atoms with Gasteiger partial charge in [-0.15, -0.1) is 0 Å². The van der Waals surface area contributed by atoms with Gasteiger partial charge in [0.1, 0.15) is 17.4 Å². The number of hydrogen-bond donors (Lipinski definition) is 0. The molecule has 0 aliphatic carbocycles. The number of methoxy groups -OCH3 is 1. The summed E-state index contributed by atoms with van der Waals surface area (Å²) in [5.41, 5.74) is 1.55. The minimum atomic E-state index is -0.473. The summed E-state index contributed by atoms with van der Waals surface area (Å²) in [6.07, 6.45) is 1.44. The number of aromatic nitrogens is 1. The van der Waals surface area contributed by atoms with Gasteiger partial charge in [-0.1, -0.05) is 23.5 Å². The normalized spacial score (nSPS) is 11.2. The van der Waals surface area contributed by atoms with Gasteiger partial charge in [-0.3, -0.25) is 4.79 Å². The van der Waals surface area contributed by atoms with Crippen LogP contribution in [-0.2, 0) is 0 Å². The Morgan fingerprint density at radius 3 is 2.37 bits per heavy atom. The lowest BCUT2D eigenvalue weighted by Gasteiger charge is -2.13. The van der Waals surface area contributed by atoms with E-state index in [9.17, 15) is 13.6 Å². The highest BCUT2D eigenvalue weighted by molar-refractivity contribution is 7.22. The van der Waals surface area contributed by atoms with Crippen molar-refractivity contribution in [2.24, 2.45) is 5.10 Å². The molecule has 0 radical (unpaired) electrons. The molecule has 0 bridgehead atoms. The zero-order valence-corrected chi connectivity index (χ0v) is 16.6. The molecule has 0 aliphatic heterocycles. The molecule has 5 nitrogen and oxygen atoms in total. The van der Waals surface area contributed by atoms with Gasteiger partial charge in [0.25, 0.3) is 5.91 Å². The lowest BCUT2D eigenvalue weighted by Crippen LogP contribution is -2.25. The Morgan fingerprint density at radius 2 is 1.70 bits per heavy atom. The van der Waals surface area contributed by atoms with Crippen LogP contribution in [0.15, 0.2) is 71.8 Å². The summed E-state index contributed by atoms with van der Waals surface area (Å²) in [5, 5.41) is 5.78. The van der Waals surface area contributed by atoms with Crippen LogP contribution < -0.4 is 9.75 Å². The number of ether oxygens (including phenoxy) is 1. The van der Waals surface area contributed by atoms with E-state index in [-0.39, 0.29) is 11.4 Å². The molecular formula is C22H15F2N3O2S. The molecule has 150 valence electrons. The van der Waals surface area contributed by atoms with Crippen molar-refractivity contribution in [3.05, 3.63) is 89.5 Å². The third kappa shape index (κ3) is 4.18. The molecule has 0 unspecified atom stereocenters. The molecule has 0 saturated carbocycles. The Bertz CT molecular complexity index is 1220. The van der Waals surface area contributed by atoms with Crippen molar-refractivity contribution >= 4 is 38.8 Å². The summed E-state index contributed by atoms with van der Waals surface area (Å²) < 4.78 is 32.5. The molecular weight excluding hydrogens is 408 g/mol. The average Bonchev–Trinajstić information content (AvgIpc) is 3.18. The topological polar surface area (TPSA) is 54.8 Å². The highest BCUT2D eigenvalue weighted by atomic mass is 32.1. The fraction of sp³-hybridized carbons (Fsp3) is 0.0455. The van der Waals surface area contributed by atoms with Crippen LogP contribution in [0.4, 0.5) is 13.9 Å². The summed E-state index contributed by atoms with van der Waals surface area (Å²) in [4.78, 5) is 17.6. The molecule has 0 spiro atoms. The fourth-order valence-corrected chi connectivity index (χ4v) is 3.64. The Hall–Kier alpha value is -3.65. The van der Waals surface area contributed by atoms with E-state index in [1.807, 2.05) is 6.07 Å². The van der Waals surface area contributed by atoms with Gasteiger partial charge >= 0.3 is 0 Å². The van der Waals surface area contributed by atoms with Gasteiger partial charge in [0.2, 0.25) is 5.13 Å². The highest BCUT2D eigenvalue weighted by Crippen LogP contribution is 2.32. The van der Waals surface area contributed by atoms with Crippen LogP contribution >= 0.6 is 11.3 Å². The van der Waals surface area contributed by atoms with Crippen molar-refractivity contribution in [3.63, 3.8) is 0 Å². The molecule has 1 heterocycles. The van der Waals surface area contributed by atoms with Crippen LogP contribution in [0.3, 0.4) is 0 Å². The largest absolute Gasteiger partial charge is 0.497 e. The number of nitrogens with zero attached hydrogens (tertiary/aromatic N) is 3. The Kier molecular flexibility index (Phi) is 5.49. The number of fused-ring (bicyclic) bond motifs is 1. The maximum Gasteiger partial charge on any atom is 0.280 e. The van der Waals surface area contributed by atoms with Gasteiger partial charge in [0.15, 0.2) is 0 Å². The molecule has 0 saturated heterocycles. The molecule has 1 aromatic heterocycles. The smallest absolute Gasteiger partial charge is 0.280 e. The van der Waals surface area contributed by atoms with Crippen molar-refractivity contribution in [3.8, 4) is 5.75 Å². The SMILES string of the molecule is COc1ccc2nc(N(/N=C/c3ccc(F)cc3)C(=O)c3ccc(F)cc3)sc2c1. The number of amides is 1. The molecule has 4 rings (SSSR count). The average molecular weight is 423 g/mol. The molecule has 4 aromatic rings. The first-order valence-electron chi connectivity index (χ1n) is 8.87. The van der Waals surface area contributed by atoms with Gasteiger partial charge in [-0.05, 0) is 60.2 Å². The second-order valence-electron chi connectivity index (χ2n) is 6.25. The zero-order valence-electron chi connectivity index (χ0n) is 15.8. The van der Waals surface area contributed by atoms with E-state index in [4.69, 9.17) is 4.74 Å². The van der Waals surface area contributed by atoms with Crippen molar-refractivity contribution < 1.29 is 18.3 Å². The standard InChI is InChI=1S/C22H15F2N3O2S/c1-29-18-10-11-19-20(12-18)30-22(26-19)27(21(28)15-4-8-17(24)9-5-15)25-13-14-2-6-16(23)7-3-14/h2-13H,1H3/b25-13+. The van der Waals surface area contributed by atoms with Crippen LogP contribution in [0, 0.1) is 11.6 Å². The number of carbonyl (C=O) groups excluding carboxylic acids is 1. The molecule has 8 heteroatoms. The second kappa shape index (κ2) is 8.38. The molecule has 1 amide bonds. The Balaban J connectivity index is 1.75. The number of hydrogen-bond acceptors (Lipinski definition) is 5. The van der Waals surface area contributed by atoms with Crippen LogP contribution in [0.1, 0.15) is 15.9 Å². The first kappa shape index (κ1) is 19.7. The maximum absolute atomic E-state index is 13.3. The van der Waals surface area contributed by atoms with Gasteiger partial charge in [0, 0.05) is 5.56 Å². The molecule has 3 aromatic carbocycles. The second-order valence-corrected chi connectivity index (χ2v) is 7.26. The summed E-state index contributed by atoms with van der Waals surface area (Å²) in [5.74, 6) is -0.616. The van der Waals surface area contributed by atoms with Crippen LogP contribution in [0.25, 0.3) is 10.2 Å². The van der Waals surface area contributed by atoms with E-state index in [0.717, 1.165) is 9.71 Å². The first-order valence-corrected chi connectivity index (χ1v) is 9.69. The highest BCUT2D eigenvalue weighted by Gasteiger charge is 2.21. The van der Waals surface area contributed by atoms with Crippen LogP contribution in [0.5, 0.6) is 5.75 Å². The van der Waals surface area contributed by atoms with Crippen molar-refractivity contribution in [1.82, 2.24) is 4.98 Å². The molecule has 0 N–H and O–H groups in total. The van der Waals surface area contributed by atoms with E-state index in [1.165, 1.54) is 53.9 Å². The fourth-order valence-electron chi connectivity index (χ4n) is 2.69. The van der Waals surface area contributed by atoms with Crippen LogP contribution in [-0.4, -0.2) is 24.2 Å². The van der Waals surface area contributed by atoms with Crippen molar-refractivity contribution in [2.45, 2.75) is 0 Å². The molecule has 0 aliphatic rings. The Morgan fingerprint density at radius 1 is 1.03 bits per heavy atom. The summed E-state index contributed by atoms with van der Waals surface area (Å²) >= 11 is 1.26. The summed E-state index contributed by atoms with van der Waals surface area (Å²) in [7, 11) is 1.57. The number of hydrazone groups is 1. The number of carbonyl (C=O) groups is 1. The van der Waals surface area contributed by atoms with Crippen molar-refractivity contribution in [1.29, 1.82) is 0 Å². The number of rotatable bonds is 5. The van der Waals surface area contributed by atoms with Gasteiger partial charge < -0.3 is 4.74 Å². The summed E-state index contributed by atoms with van der Waals surface area (Å²) in [6, 6.07) is 16.3. The monoisotopic (exact) mass is 423 g/mol. The van der Waals surface area contributed by atoms with Crippen molar-refractivity contribution in [2.75, 3.05) is 12.1 Å². The predicted octanol–water partition coefficient (Wildman–Crippen LogP) is 5.26. The number of benzene rings is 3. The number of thiazole rings is 1. The number of halogens is 2. The summed E-state index contributed by atoms with van der Waals surface area (Å²) in [6.45, 7) is 0. The van der Waals surface area contributed by atoms with E-state index in [0.29, 0.717) is 22.0 Å². The molecule has 0 fully saturated rings. The first-order chi connectivity index (χ1) is 14.5. The zero-order chi connectivity index (χ0) is 21.1. The molecule has 0 atom stereocenters. The minimum absolute atomic E-state index is 0.254. The van der Waals surface area contributed by atoms with E-state index in [2.05, 4.69) is 10.1 Å². The third-order valence-electron chi connectivity index (χ3n) is 4.24. The van der Waals surface area contributed by atoms with Crippen LogP contribution in [0.2, 0.25) is 0 Å². The lowest BCUT2D eigenvalue weighted by atomic mass is 10.2. The Labute approximate surface area is 174 Å². The lowest BCUT2D eigenvalue weighted by molar-refractivity contribution is 0.0988. The van der Waals surface area contributed by atoms with Gasteiger partial charge in [-0.2, -0.15) is 10.1 Å². The van der Waals surface area contributed by atoms with E-state index >= 15 is 0 Å². The predicted molar refractivity (Wildman–Crippen MR) is 113 cm³/mol. The van der Waals surface area contributed by atoms with E-state index in [1.54, 1.807) is 31.4 Å². The maximum atomic E-state index is 13.3. The van der Waals surface area contributed by atoms with E-state index < -0.39 is 11.7 Å². The minimum Gasteiger partial charge on any atom is -0.497 e.